The van der Waals surface area contributed by atoms with E-state index in [1.54, 1.807) is 18.5 Å². The van der Waals surface area contributed by atoms with Crippen molar-refractivity contribution in [2.75, 3.05) is 12.4 Å². The third kappa shape index (κ3) is 4.66. The van der Waals surface area contributed by atoms with Gasteiger partial charge in [-0.3, -0.25) is 9.78 Å². The first-order valence-corrected chi connectivity index (χ1v) is 9.06. The zero-order valence-electron chi connectivity index (χ0n) is 14.5. The van der Waals surface area contributed by atoms with Crippen LogP contribution in [0.25, 0.3) is 11.4 Å². The molecule has 0 atom stereocenters. The standard InChI is InChI=1S/C18H18N4O3S/c1-12-14(13(2)25-22-12)7-10-24-17(23)11-26-18-20-9-6-16(21-18)15-5-3-4-8-19-15/h3-6,8-9H,7,10-11H2,1-2H3. The topological polar surface area (TPSA) is 91.0 Å². The number of pyridine rings is 1. The Morgan fingerprint density at radius 1 is 1.15 bits per heavy atom. The summed E-state index contributed by atoms with van der Waals surface area (Å²) in [5, 5.41) is 4.39. The van der Waals surface area contributed by atoms with Gasteiger partial charge in [-0.2, -0.15) is 0 Å². The van der Waals surface area contributed by atoms with Crippen LogP contribution in [0, 0.1) is 13.8 Å². The van der Waals surface area contributed by atoms with Gasteiger partial charge >= 0.3 is 5.97 Å². The van der Waals surface area contributed by atoms with Gasteiger partial charge in [0.15, 0.2) is 5.16 Å². The van der Waals surface area contributed by atoms with Crippen LogP contribution in [0.3, 0.4) is 0 Å². The van der Waals surface area contributed by atoms with Crippen LogP contribution in [-0.4, -0.2) is 38.4 Å². The zero-order valence-corrected chi connectivity index (χ0v) is 15.3. The van der Waals surface area contributed by atoms with E-state index in [1.165, 1.54) is 11.8 Å². The number of nitrogens with zero attached hydrogens (tertiary/aromatic N) is 4. The van der Waals surface area contributed by atoms with Gasteiger partial charge in [-0.15, -0.1) is 0 Å². The third-order valence-electron chi connectivity index (χ3n) is 3.68. The molecule has 0 radical (unpaired) electrons. The number of rotatable bonds is 7. The molecule has 3 aromatic heterocycles. The molecule has 0 aliphatic carbocycles. The van der Waals surface area contributed by atoms with Gasteiger partial charge in [0.2, 0.25) is 0 Å². The first-order valence-electron chi connectivity index (χ1n) is 8.08. The van der Waals surface area contributed by atoms with E-state index in [0.29, 0.717) is 11.6 Å². The number of esters is 1. The molecule has 0 fully saturated rings. The highest BCUT2D eigenvalue weighted by molar-refractivity contribution is 7.99. The molecular formula is C18H18N4O3S. The van der Waals surface area contributed by atoms with E-state index in [1.807, 2.05) is 32.0 Å². The van der Waals surface area contributed by atoms with E-state index >= 15 is 0 Å². The van der Waals surface area contributed by atoms with E-state index in [2.05, 4.69) is 20.1 Å². The van der Waals surface area contributed by atoms with Gasteiger partial charge in [-0.05, 0) is 32.0 Å². The predicted octanol–water partition coefficient (Wildman–Crippen LogP) is 3.02. The van der Waals surface area contributed by atoms with Crippen molar-refractivity contribution in [3.8, 4) is 11.4 Å². The maximum Gasteiger partial charge on any atom is 0.316 e. The molecule has 0 aliphatic heterocycles. The lowest BCUT2D eigenvalue weighted by Crippen LogP contribution is -2.11. The molecule has 8 heteroatoms. The summed E-state index contributed by atoms with van der Waals surface area (Å²) < 4.78 is 10.4. The minimum atomic E-state index is -0.311. The van der Waals surface area contributed by atoms with Gasteiger partial charge in [0, 0.05) is 24.4 Å². The summed E-state index contributed by atoms with van der Waals surface area (Å²) in [7, 11) is 0. The van der Waals surface area contributed by atoms with Gasteiger partial charge < -0.3 is 9.26 Å². The second-order valence-electron chi connectivity index (χ2n) is 5.50. The zero-order chi connectivity index (χ0) is 18.4. The van der Waals surface area contributed by atoms with Crippen molar-refractivity contribution in [1.82, 2.24) is 20.1 Å². The number of hydrogen-bond acceptors (Lipinski definition) is 8. The average molecular weight is 370 g/mol. The number of carbonyl (C=O) groups is 1. The van der Waals surface area contributed by atoms with Crippen LogP contribution in [0.15, 0.2) is 46.3 Å². The lowest BCUT2D eigenvalue weighted by Gasteiger charge is -2.05. The molecule has 0 saturated carbocycles. The summed E-state index contributed by atoms with van der Waals surface area (Å²) in [5.41, 5.74) is 3.29. The molecule has 3 rings (SSSR count). The van der Waals surface area contributed by atoms with Crippen LogP contribution in [0.5, 0.6) is 0 Å². The highest BCUT2D eigenvalue weighted by atomic mass is 32.2. The Hall–Kier alpha value is -2.74. The molecule has 0 N–H and O–H groups in total. The summed E-state index contributed by atoms with van der Waals surface area (Å²) >= 11 is 1.24. The Bertz CT molecular complexity index is 864. The average Bonchev–Trinajstić information content (AvgIpc) is 2.99. The van der Waals surface area contributed by atoms with Gasteiger partial charge in [0.1, 0.15) is 5.76 Å². The first-order chi connectivity index (χ1) is 12.6. The predicted molar refractivity (Wildman–Crippen MR) is 96.6 cm³/mol. The molecule has 0 bridgehead atoms. The van der Waals surface area contributed by atoms with Crippen molar-refractivity contribution in [2.45, 2.75) is 25.4 Å². The van der Waals surface area contributed by atoms with Crippen molar-refractivity contribution in [1.29, 1.82) is 0 Å². The number of aromatic nitrogens is 4. The summed E-state index contributed by atoms with van der Waals surface area (Å²) in [4.78, 5) is 24.8. The van der Waals surface area contributed by atoms with Crippen molar-refractivity contribution in [3.63, 3.8) is 0 Å². The molecule has 0 saturated heterocycles. The van der Waals surface area contributed by atoms with Gasteiger partial charge in [-0.1, -0.05) is 23.0 Å². The van der Waals surface area contributed by atoms with Crippen molar-refractivity contribution in [3.05, 3.63) is 53.7 Å². The van der Waals surface area contributed by atoms with E-state index in [9.17, 15) is 4.79 Å². The van der Waals surface area contributed by atoms with E-state index < -0.39 is 0 Å². The molecule has 134 valence electrons. The number of aryl methyl sites for hydroxylation is 2. The summed E-state index contributed by atoms with van der Waals surface area (Å²) in [6, 6.07) is 7.40. The van der Waals surface area contributed by atoms with Gasteiger partial charge in [-0.25, -0.2) is 9.97 Å². The Morgan fingerprint density at radius 3 is 2.77 bits per heavy atom. The highest BCUT2D eigenvalue weighted by Gasteiger charge is 2.11. The van der Waals surface area contributed by atoms with Gasteiger partial charge in [0.05, 0.1) is 29.4 Å². The Balaban J connectivity index is 1.49. The molecule has 0 aromatic carbocycles. The summed E-state index contributed by atoms with van der Waals surface area (Å²) in [5.74, 6) is 0.592. The number of thioether (sulfide) groups is 1. The lowest BCUT2D eigenvalue weighted by atomic mass is 10.1. The second kappa shape index (κ2) is 8.57. The smallest absolute Gasteiger partial charge is 0.316 e. The first kappa shape index (κ1) is 18.1. The summed E-state index contributed by atoms with van der Waals surface area (Å²) in [6.07, 6.45) is 3.95. The third-order valence-corrected chi connectivity index (χ3v) is 4.51. The molecular weight excluding hydrogens is 352 g/mol. The fourth-order valence-corrected chi connectivity index (χ4v) is 2.99. The van der Waals surface area contributed by atoms with Crippen LogP contribution < -0.4 is 0 Å². The largest absolute Gasteiger partial charge is 0.465 e. The summed E-state index contributed by atoms with van der Waals surface area (Å²) in [6.45, 7) is 4.01. The van der Waals surface area contributed by atoms with Gasteiger partial charge in [0.25, 0.3) is 0 Å². The SMILES string of the molecule is Cc1noc(C)c1CCOC(=O)CSc1nccc(-c2ccccn2)n1. The van der Waals surface area contributed by atoms with E-state index in [0.717, 1.165) is 28.4 Å². The highest BCUT2D eigenvalue weighted by Crippen LogP contribution is 2.18. The normalized spacial score (nSPS) is 10.7. The van der Waals surface area contributed by atoms with Crippen LogP contribution in [-0.2, 0) is 16.0 Å². The number of carbonyl (C=O) groups excluding carboxylic acids is 1. The van der Waals surface area contributed by atoms with Crippen LogP contribution in [0.2, 0.25) is 0 Å². The lowest BCUT2D eigenvalue weighted by molar-refractivity contribution is -0.140. The van der Waals surface area contributed by atoms with Crippen LogP contribution in [0.1, 0.15) is 17.0 Å². The minimum absolute atomic E-state index is 0.146. The van der Waals surface area contributed by atoms with E-state index in [-0.39, 0.29) is 18.3 Å². The van der Waals surface area contributed by atoms with Crippen molar-refractivity contribution in [2.24, 2.45) is 0 Å². The fraction of sp³-hybridized carbons (Fsp3) is 0.278. The van der Waals surface area contributed by atoms with Crippen molar-refractivity contribution >= 4 is 17.7 Å². The molecule has 0 amide bonds. The van der Waals surface area contributed by atoms with E-state index in [4.69, 9.17) is 9.26 Å². The quantitative estimate of drug-likeness (QED) is 0.356. The molecule has 0 unspecified atom stereocenters. The number of hydrogen-bond donors (Lipinski definition) is 0. The van der Waals surface area contributed by atoms with Crippen molar-refractivity contribution < 1.29 is 14.1 Å². The molecule has 3 aromatic rings. The Kier molecular flexibility index (Phi) is 5.96. The monoisotopic (exact) mass is 370 g/mol. The number of ether oxygens (including phenoxy) is 1. The Labute approximate surface area is 155 Å². The molecule has 3 heterocycles. The maximum atomic E-state index is 11.9. The molecule has 7 nitrogen and oxygen atoms in total. The Morgan fingerprint density at radius 2 is 2.04 bits per heavy atom. The van der Waals surface area contributed by atoms with Crippen LogP contribution >= 0.6 is 11.8 Å². The fourth-order valence-electron chi connectivity index (χ4n) is 2.36. The maximum absolute atomic E-state index is 11.9. The van der Waals surface area contributed by atoms with Crippen LogP contribution in [0.4, 0.5) is 0 Å². The second-order valence-corrected chi connectivity index (χ2v) is 6.44. The minimum Gasteiger partial charge on any atom is -0.465 e. The molecule has 26 heavy (non-hydrogen) atoms. The molecule has 0 aliphatic rings. The molecule has 0 spiro atoms.